The Morgan fingerprint density at radius 3 is 2.22 bits per heavy atom. The highest BCUT2D eigenvalue weighted by Crippen LogP contribution is 2.27. The third-order valence-electron chi connectivity index (χ3n) is 5.04. The van der Waals surface area contributed by atoms with Gasteiger partial charge in [-0.3, -0.25) is 9.10 Å². The van der Waals surface area contributed by atoms with Crippen LogP contribution in [-0.4, -0.2) is 41.0 Å². The van der Waals surface area contributed by atoms with Gasteiger partial charge in [-0.05, 0) is 55.0 Å². The standard InChI is InChI=1S/C24H26ClN3O3S/c1-19-8-6-7-11-23(19)28(32(30,31)22-14-12-20(25)13-15-22)18-24(29)26-16-17-27(2)21-9-4-3-5-10-21/h3-15H,16-18H2,1-2H3,(H,26,29). The molecule has 0 aliphatic heterocycles. The summed E-state index contributed by atoms with van der Waals surface area (Å²) in [5, 5.41) is 3.26. The first kappa shape index (κ1) is 23.6. The summed E-state index contributed by atoms with van der Waals surface area (Å²) < 4.78 is 27.9. The predicted octanol–water partition coefficient (Wildman–Crippen LogP) is 4.10. The normalized spacial score (nSPS) is 11.1. The predicted molar refractivity (Wildman–Crippen MR) is 130 cm³/mol. The van der Waals surface area contributed by atoms with E-state index in [1.807, 2.05) is 61.3 Å². The van der Waals surface area contributed by atoms with Crippen LogP contribution in [0.5, 0.6) is 0 Å². The van der Waals surface area contributed by atoms with Gasteiger partial charge in [0.15, 0.2) is 0 Å². The number of benzene rings is 3. The second-order valence-corrected chi connectivity index (χ2v) is 9.66. The minimum absolute atomic E-state index is 0.0711. The number of aryl methyl sites for hydroxylation is 1. The van der Waals surface area contributed by atoms with Crippen molar-refractivity contribution < 1.29 is 13.2 Å². The van der Waals surface area contributed by atoms with E-state index in [-0.39, 0.29) is 17.3 Å². The molecule has 8 heteroatoms. The lowest BCUT2D eigenvalue weighted by Crippen LogP contribution is -2.43. The van der Waals surface area contributed by atoms with Crippen molar-refractivity contribution in [3.8, 4) is 0 Å². The quantitative estimate of drug-likeness (QED) is 0.510. The molecule has 6 nitrogen and oxygen atoms in total. The molecule has 3 aromatic carbocycles. The molecule has 0 radical (unpaired) electrons. The number of anilines is 2. The maximum atomic E-state index is 13.4. The van der Waals surface area contributed by atoms with Crippen LogP contribution in [0, 0.1) is 6.92 Å². The lowest BCUT2D eigenvalue weighted by molar-refractivity contribution is -0.119. The zero-order valence-electron chi connectivity index (χ0n) is 18.0. The molecule has 0 spiro atoms. The molecule has 3 aromatic rings. The molecule has 3 rings (SSSR count). The van der Waals surface area contributed by atoms with Crippen LogP contribution < -0.4 is 14.5 Å². The molecule has 0 unspecified atom stereocenters. The number of likely N-dealkylation sites (N-methyl/N-ethyl adjacent to an activating group) is 1. The van der Waals surface area contributed by atoms with E-state index in [0.717, 1.165) is 15.6 Å². The second kappa shape index (κ2) is 10.5. The van der Waals surface area contributed by atoms with E-state index in [9.17, 15) is 13.2 Å². The number of hydrogen-bond donors (Lipinski definition) is 1. The maximum Gasteiger partial charge on any atom is 0.264 e. The van der Waals surface area contributed by atoms with Crippen LogP contribution in [0.15, 0.2) is 83.8 Å². The van der Waals surface area contributed by atoms with E-state index in [1.165, 1.54) is 24.3 Å². The highest BCUT2D eigenvalue weighted by Gasteiger charge is 2.28. The average Bonchev–Trinajstić information content (AvgIpc) is 2.79. The van der Waals surface area contributed by atoms with Crippen molar-refractivity contribution in [2.45, 2.75) is 11.8 Å². The van der Waals surface area contributed by atoms with Crippen LogP contribution in [-0.2, 0) is 14.8 Å². The lowest BCUT2D eigenvalue weighted by atomic mass is 10.2. The van der Waals surface area contributed by atoms with Gasteiger partial charge in [-0.2, -0.15) is 0 Å². The van der Waals surface area contributed by atoms with Crippen LogP contribution in [0.3, 0.4) is 0 Å². The van der Waals surface area contributed by atoms with Crippen molar-refractivity contribution in [3.63, 3.8) is 0 Å². The highest BCUT2D eigenvalue weighted by atomic mass is 35.5. The number of sulfonamides is 1. The molecular weight excluding hydrogens is 446 g/mol. The Balaban J connectivity index is 1.75. The molecule has 0 fully saturated rings. The van der Waals surface area contributed by atoms with Crippen LogP contribution in [0.25, 0.3) is 0 Å². The van der Waals surface area contributed by atoms with Crippen molar-refractivity contribution in [1.82, 2.24) is 5.32 Å². The number of carbonyl (C=O) groups is 1. The summed E-state index contributed by atoms with van der Waals surface area (Å²) in [6, 6.07) is 22.8. The Labute approximate surface area is 194 Å². The summed E-state index contributed by atoms with van der Waals surface area (Å²) >= 11 is 5.92. The van der Waals surface area contributed by atoms with Gasteiger partial charge in [0.25, 0.3) is 10.0 Å². The number of nitrogens with zero attached hydrogens (tertiary/aromatic N) is 2. The zero-order chi connectivity index (χ0) is 23.1. The van der Waals surface area contributed by atoms with Gasteiger partial charge in [0.05, 0.1) is 10.6 Å². The number of amides is 1. The van der Waals surface area contributed by atoms with Crippen LogP contribution in [0.2, 0.25) is 5.02 Å². The van der Waals surface area contributed by atoms with Crippen LogP contribution in [0.4, 0.5) is 11.4 Å². The molecule has 1 amide bonds. The van der Waals surface area contributed by atoms with E-state index >= 15 is 0 Å². The van der Waals surface area contributed by atoms with Crippen molar-refractivity contribution in [1.29, 1.82) is 0 Å². The molecule has 0 atom stereocenters. The Morgan fingerprint density at radius 2 is 1.56 bits per heavy atom. The first-order chi connectivity index (χ1) is 15.3. The minimum Gasteiger partial charge on any atom is -0.373 e. The maximum absolute atomic E-state index is 13.4. The second-order valence-electron chi connectivity index (χ2n) is 7.36. The summed E-state index contributed by atoms with van der Waals surface area (Å²) in [5.41, 5.74) is 2.24. The summed E-state index contributed by atoms with van der Waals surface area (Å²) in [6.45, 7) is 2.45. The summed E-state index contributed by atoms with van der Waals surface area (Å²) in [7, 11) is -2.03. The molecule has 0 bridgehead atoms. The highest BCUT2D eigenvalue weighted by molar-refractivity contribution is 7.92. The van der Waals surface area contributed by atoms with Crippen molar-refractivity contribution in [2.75, 3.05) is 35.9 Å². The van der Waals surface area contributed by atoms with Crippen LogP contribution >= 0.6 is 11.6 Å². The SMILES string of the molecule is Cc1ccccc1N(CC(=O)NCCN(C)c1ccccc1)S(=O)(=O)c1ccc(Cl)cc1. The monoisotopic (exact) mass is 471 g/mol. The molecule has 0 saturated carbocycles. The summed E-state index contributed by atoms with van der Waals surface area (Å²) in [5.74, 6) is -0.382. The molecular formula is C24H26ClN3O3S. The molecule has 1 N–H and O–H groups in total. The third kappa shape index (κ3) is 5.81. The first-order valence-electron chi connectivity index (χ1n) is 10.2. The number of carbonyl (C=O) groups excluding carboxylic acids is 1. The first-order valence-corrected chi connectivity index (χ1v) is 12.0. The topological polar surface area (TPSA) is 69.7 Å². The number of rotatable bonds is 9. The molecule has 0 heterocycles. The zero-order valence-corrected chi connectivity index (χ0v) is 19.6. The Bertz CT molecular complexity index is 1150. The van der Waals surface area contributed by atoms with E-state index in [2.05, 4.69) is 5.32 Å². The lowest BCUT2D eigenvalue weighted by Gasteiger charge is -2.26. The molecule has 0 aromatic heterocycles. The van der Waals surface area contributed by atoms with Gasteiger partial charge in [-0.1, -0.05) is 48.0 Å². The van der Waals surface area contributed by atoms with Gasteiger partial charge < -0.3 is 10.2 Å². The Kier molecular flexibility index (Phi) is 7.77. The van der Waals surface area contributed by atoms with E-state index in [0.29, 0.717) is 23.8 Å². The van der Waals surface area contributed by atoms with Gasteiger partial charge in [-0.25, -0.2) is 8.42 Å². The smallest absolute Gasteiger partial charge is 0.264 e. The van der Waals surface area contributed by atoms with E-state index < -0.39 is 10.0 Å². The molecule has 0 aliphatic carbocycles. The van der Waals surface area contributed by atoms with Gasteiger partial charge >= 0.3 is 0 Å². The van der Waals surface area contributed by atoms with Gasteiger partial charge in [-0.15, -0.1) is 0 Å². The molecule has 0 aliphatic rings. The van der Waals surface area contributed by atoms with Crippen molar-refractivity contribution in [3.05, 3.63) is 89.4 Å². The Hall–Kier alpha value is -3.03. The number of para-hydroxylation sites is 2. The van der Waals surface area contributed by atoms with Crippen molar-refractivity contribution >= 4 is 38.9 Å². The largest absolute Gasteiger partial charge is 0.373 e. The van der Waals surface area contributed by atoms with E-state index in [4.69, 9.17) is 11.6 Å². The third-order valence-corrected chi connectivity index (χ3v) is 7.07. The molecule has 168 valence electrons. The summed E-state index contributed by atoms with van der Waals surface area (Å²) in [4.78, 5) is 14.8. The number of halogens is 1. The van der Waals surface area contributed by atoms with Crippen molar-refractivity contribution in [2.24, 2.45) is 0 Å². The molecule has 0 saturated heterocycles. The summed E-state index contributed by atoms with van der Waals surface area (Å²) in [6.07, 6.45) is 0. The average molecular weight is 472 g/mol. The fourth-order valence-corrected chi connectivity index (χ4v) is 4.85. The van der Waals surface area contributed by atoms with Gasteiger partial charge in [0, 0.05) is 30.8 Å². The van der Waals surface area contributed by atoms with Crippen LogP contribution in [0.1, 0.15) is 5.56 Å². The minimum atomic E-state index is -3.97. The van der Waals surface area contributed by atoms with Gasteiger partial charge in [0.1, 0.15) is 6.54 Å². The fraction of sp³-hybridized carbons (Fsp3) is 0.208. The molecule has 32 heavy (non-hydrogen) atoms. The van der Waals surface area contributed by atoms with E-state index in [1.54, 1.807) is 12.1 Å². The fourth-order valence-electron chi connectivity index (χ4n) is 3.24. The number of nitrogens with one attached hydrogen (secondary N) is 1. The van der Waals surface area contributed by atoms with Gasteiger partial charge in [0.2, 0.25) is 5.91 Å². The Morgan fingerprint density at radius 1 is 0.938 bits per heavy atom. The number of hydrogen-bond acceptors (Lipinski definition) is 4.